The van der Waals surface area contributed by atoms with E-state index in [1.807, 2.05) is 0 Å². The molecule has 0 aliphatic rings. The third kappa shape index (κ3) is 5.27. The number of nitrogens with zero attached hydrogens (tertiary/aromatic N) is 4. The molecule has 2 heterocycles. The van der Waals surface area contributed by atoms with Crippen LogP contribution in [-0.2, 0) is 22.6 Å². The Hall–Kier alpha value is -2.67. The molecule has 2 aromatic heterocycles. The number of carbonyl (C=O) groups is 1. The molecule has 1 aromatic carbocycles. The minimum absolute atomic E-state index is 0.0228. The molecule has 0 radical (unpaired) electrons. The quantitative estimate of drug-likeness (QED) is 0.362. The van der Waals surface area contributed by atoms with Crippen molar-refractivity contribution in [1.82, 2.24) is 19.5 Å². The Balaban J connectivity index is 1.72. The molecular weight excluding hydrogens is 402 g/mol. The number of fused-ring (bicyclic) bond motifs is 1. The average molecular weight is 430 g/mol. The molecular formula is C22H28ClN5O2. The van der Waals surface area contributed by atoms with E-state index in [0.717, 1.165) is 12.0 Å². The summed E-state index contributed by atoms with van der Waals surface area (Å²) in [6, 6.07) is 8.66. The minimum Gasteiger partial charge on any atom is -0.465 e. The van der Waals surface area contributed by atoms with Gasteiger partial charge < -0.3 is 14.6 Å². The molecule has 1 unspecified atom stereocenters. The molecule has 3 rings (SSSR count). The molecule has 0 aliphatic carbocycles. The molecule has 0 spiro atoms. The molecule has 30 heavy (non-hydrogen) atoms. The van der Waals surface area contributed by atoms with Gasteiger partial charge in [0.1, 0.15) is 12.1 Å². The maximum Gasteiger partial charge on any atom is 0.326 e. The van der Waals surface area contributed by atoms with Crippen LogP contribution in [-0.4, -0.2) is 32.1 Å². The summed E-state index contributed by atoms with van der Waals surface area (Å²) < 4.78 is 6.61. The van der Waals surface area contributed by atoms with Gasteiger partial charge in [-0.25, -0.2) is 4.98 Å². The number of carbonyl (C=O) groups excluding carboxylic acids is 1. The van der Waals surface area contributed by atoms with Gasteiger partial charge in [0.05, 0.1) is 12.9 Å². The van der Waals surface area contributed by atoms with Crippen LogP contribution in [0.4, 0.5) is 5.95 Å². The number of aromatic nitrogens is 4. The Morgan fingerprint density at radius 2 is 1.97 bits per heavy atom. The molecule has 0 saturated heterocycles. The van der Waals surface area contributed by atoms with Crippen molar-refractivity contribution in [1.29, 1.82) is 0 Å². The van der Waals surface area contributed by atoms with Gasteiger partial charge in [0, 0.05) is 6.54 Å². The highest BCUT2D eigenvalue weighted by molar-refractivity contribution is 6.33. The van der Waals surface area contributed by atoms with E-state index < -0.39 is 0 Å². The molecule has 1 atom stereocenters. The number of imidazole rings is 1. The zero-order valence-corrected chi connectivity index (χ0v) is 18.4. The molecule has 0 amide bonds. The molecule has 0 aliphatic heterocycles. The van der Waals surface area contributed by atoms with Crippen molar-refractivity contribution < 1.29 is 9.53 Å². The van der Waals surface area contributed by atoms with E-state index in [4.69, 9.17) is 16.3 Å². The predicted molar refractivity (Wildman–Crippen MR) is 119 cm³/mol. The third-order valence-corrected chi connectivity index (χ3v) is 5.32. The molecule has 0 bridgehead atoms. The van der Waals surface area contributed by atoms with Crippen molar-refractivity contribution in [2.75, 3.05) is 11.9 Å². The van der Waals surface area contributed by atoms with Crippen LogP contribution >= 0.6 is 11.6 Å². The van der Waals surface area contributed by atoms with Crippen molar-refractivity contribution in [2.45, 2.75) is 59.0 Å². The topological polar surface area (TPSA) is 81.9 Å². The Kier molecular flexibility index (Phi) is 7.63. The Bertz CT molecular complexity index is 987. The minimum atomic E-state index is -0.352. The van der Waals surface area contributed by atoms with Crippen LogP contribution in [0.5, 0.6) is 0 Å². The van der Waals surface area contributed by atoms with Crippen LogP contribution in [0.25, 0.3) is 11.2 Å². The van der Waals surface area contributed by atoms with Crippen molar-refractivity contribution in [2.24, 2.45) is 0 Å². The van der Waals surface area contributed by atoms with Gasteiger partial charge in [-0.05, 0) is 36.8 Å². The zero-order chi connectivity index (χ0) is 21.5. The molecule has 0 saturated carbocycles. The van der Waals surface area contributed by atoms with E-state index in [1.54, 1.807) is 11.5 Å². The molecule has 3 aromatic rings. The second-order valence-electron chi connectivity index (χ2n) is 7.18. The van der Waals surface area contributed by atoms with Crippen LogP contribution in [0, 0.1) is 0 Å². The Morgan fingerprint density at radius 1 is 1.20 bits per heavy atom. The van der Waals surface area contributed by atoms with Gasteiger partial charge in [-0.1, -0.05) is 56.1 Å². The van der Waals surface area contributed by atoms with Gasteiger partial charge in [-0.3, -0.25) is 4.79 Å². The van der Waals surface area contributed by atoms with E-state index >= 15 is 0 Å². The van der Waals surface area contributed by atoms with Crippen molar-refractivity contribution in [3.8, 4) is 0 Å². The van der Waals surface area contributed by atoms with E-state index in [2.05, 4.69) is 58.4 Å². The second-order valence-corrected chi connectivity index (χ2v) is 7.53. The molecule has 0 fully saturated rings. The first-order valence-corrected chi connectivity index (χ1v) is 10.8. The maximum absolute atomic E-state index is 11.8. The number of halogens is 1. The summed E-state index contributed by atoms with van der Waals surface area (Å²) in [5, 5.41) is 3.45. The van der Waals surface area contributed by atoms with E-state index in [1.165, 1.54) is 24.7 Å². The fourth-order valence-electron chi connectivity index (χ4n) is 3.49. The van der Waals surface area contributed by atoms with Gasteiger partial charge >= 0.3 is 5.97 Å². The van der Waals surface area contributed by atoms with Gasteiger partial charge in [0.2, 0.25) is 5.95 Å². The van der Waals surface area contributed by atoms with E-state index in [0.29, 0.717) is 36.2 Å². The monoisotopic (exact) mass is 429 g/mol. The summed E-state index contributed by atoms with van der Waals surface area (Å²) in [6.45, 7) is 7.14. The maximum atomic E-state index is 11.8. The second kappa shape index (κ2) is 10.4. The highest BCUT2D eigenvalue weighted by Gasteiger charge is 2.14. The number of anilines is 1. The Morgan fingerprint density at radius 3 is 2.63 bits per heavy atom. The fourth-order valence-corrected chi connectivity index (χ4v) is 3.71. The smallest absolute Gasteiger partial charge is 0.326 e. The van der Waals surface area contributed by atoms with Gasteiger partial charge in [0.25, 0.3) is 0 Å². The van der Waals surface area contributed by atoms with E-state index in [9.17, 15) is 4.79 Å². The molecule has 8 heteroatoms. The third-order valence-electron chi connectivity index (χ3n) is 5.06. The van der Waals surface area contributed by atoms with Crippen LogP contribution < -0.4 is 5.32 Å². The number of rotatable bonds is 10. The summed E-state index contributed by atoms with van der Waals surface area (Å²) in [5.74, 6) is 0.649. The van der Waals surface area contributed by atoms with Crippen LogP contribution in [0.3, 0.4) is 0 Å². The summed E-state index contributed by atoms with van der Waals surface area (Å²) in [7, 11) is 0. The van der Waals surface area contributed by atoms with Gasteiger partial charge in [0.15, 0.2) is 10.8 Å². The average Bonchev–Trinajstić information content (AvgIpc) is 3.14. The predicted octanol–water partition coefficient (Wildman–Crippen LogP) is 4.95. The van der Waals surface area contributed by atoms with Crippen molar-refractivity contribution >= 4 is 34.7 Å². The largest absolute Gasteiger partial charge is 0.465 e. The summed E-state index contributed by atoms with van der Waals surface area (Å²) in [4.78, 5) is 24.8. The van der Waals surface area contributed by atoms with Crippen molar-refractivity contribution in [3.05, 3.63) is 46.9 Å². The summed E-state index contributed by atoms with van der Waals surface area (Å²) in [5.41, 5.74) is 3.46. The normalized spacial score (nSPS) is 12.1. The van der Waals surface area contributed by atoms with Crippen LogP contribution in [0.15, 0.2) is 30.6 Å². The number of benzene rings is 1. The lowest BCUT2D eigenvalue weighted by molar-refractivity contribution is -0.143. The first-order valence-electron chi connectivity index (χ1n) is 10.4. The highest BCUT2D eigenvalue weighted by atomic mass is 35.5. The standard InChI is InChI=1S/C22H28ClN5O2/c1-4-7-16(5-2)17-10-8-15(9-11-17)12-24-22-26-20(23)19-21(27-22)28(14-25-19)13-18(29)30-6-3/h8-11,14,16H,4-7,12-13H2,1-3H3,(H,24,26,27). The SMILES string of the molecule is CCCC(CC)c1ccc(CNc2nc(Cl)c3ncn(CC(=O)OCC)c3n2)cc1. The number of esters is 1. The van der Waals surface area contributed by atoms with Gasteiger partial charge in [-0.15, -0.1) is 0 Å². The lowest BCUT2D eigenvalue weighted by Crippen LogP contribution is -2.13. The first-order chi connectivity index (χ1) is 14.5. The van der Waals surface area contributed by atoms with Crippen LogP contribution in [0.1, 0.15) is 57.1 Å². The first kappa shape index (κ1) is 22.0. The summed E-state index contributed by atoms with van der Waals surface area (Å²) >= 11 is 6.27. The number of hydrogen-bond donors (Lipinski definition) is 1. The molecule has 1 N–H and O–H groups in total. The van der Waals surface area contributed by atoms with Crippen molar-refractivity contribution in [3.63, 3.8) is 0 Å². The lowest BCUT2D eigenvalue weighted by Gasteiger charge is -2.15. The zero-order valence-electron chi connectivity index (χ0n) is 17.7. The molecule has 160 valence electrons. The lowest BCUT2D eigenvalue weighted by atomic mass is 9.91. The van der Waals surface area contributed by atoms with E-state index in [-0.39, 0.29) is 17.7 Å². The number of nitrogens with one attached hydrogen (secondary N) is 1. The highest BCUT2D eigenvalue weighted by Crippen LogP contribution is 2.25. The Labute approximate surface area is 181 Å². The number of ether oxygens (including phenoxy) is 1. The number of hydrogen-bond acceptors (Lipinski definition) is 6. The van der Waals surface area contributed by atoms with Gasteiger partial charge in [-0.2, -0.15) is 9.97 Å². The summed E-state index contributed by atoms with van der Waals surface area (Å²) in [6.07, 6.45) is 5.07. The fraction of sp³-hybridized carbons (Fsp3) is 0.455. The molecule has 7 nitrogen and oxygen atoms in total. The van der Waals surface area contributed by atoms with Crippen LogP contribution in [0.2, 0.25) is 5.15 Å².